The van der Waals surface area contributed by atoms with Crippen LogP contribution in [-0.4, -0.2) is 47.7 Å². The molecule has 2 heterocycles. The third-order valence-electron chi connectivity index (χ3n) is 4.86. The number of aromatic nitrogens is 2. The van der Waals surface area contributed by atoms with Gasteiger partial charge >= 0.3 is 12.8 Å². The van der Waals surface area contributed by atoms with Crippen molar-refractivity contribution in [3.63, 3.8) is 0 Å². The summed E-state index contributed by atoms with van der Waals surface area (Å²) in [6.45, 7) is -0.931. The Balaban J connectivity index is 1.66. The van der Waals surface area contributed by atoms with Crippen molar-refractivity contribution in [2.45, 2.75) is 38.2 Å². The van der Waals surface area contributed by atoms with Gasteiger partial charge in [0, 0.05) is 32.2 Å². The van der Waals surface area contributed by atoms with Gasteiger partial charge in [-0.25, -0.2) is 9.97 Å². The molecular formula is C19H21F5N4O. The van der Waals surface area contributed by atoms with Crippen LogP contribution in [0.4, 0.5) is 27.8 Å². The van der Waals surface area contributed by atoms with Crippen molar-refractivity contribution in [1.82, 2.24) is 14.9 Å². The van der Waals surface area contributed by atoms with Gasteiger partial charge in [0.15, 0.2) is 0 Å². The molecule has 0 N–H and O–H groups in total. The van der Waals surface area contributed by atoms with E-state index < -0.39 is 18.5 Å². The van der Waals surface area contributed by atoms with Crippen LogP contribution in [0.1, 0.15) is 24.1 Å². The number of anilines is 1. The fourth-order valence-corrected chi connectivity index (χ4v) is 3.45. The maximum absolute atomic E-state index is 12.9. The first-order valence-electron chi connectivity index (χ1n) is 9.10. The molecule has 0 amide bonds. The van der Waals surface area contributed by atoms with Crippen molar-refractivity contribution in [3.05, 3.63) is 47.9 Å². The van der Waals surface area contributed by atoms with E-state index in [2.05, 4.69) is 19.6 Å². The number of alkyl halides is 5. The van der Waals surface area contributed by atoms with Crippen LogP contribution in [0.25, 0.3) is 0 Å². The second-order valence-electron chi connectivity index (χ2n) is 6.93. The first kappa shape index (κ1) is 21.2. The number of benzene rings is 1. The third kappa shape index (κ3) is 5.75. The standard InChI is InChI=1S/C19H21F5N4O/c1-27(17-9-16(19(22,23)24)25-12-26-17)14-5-3-7-28(11-14)10-13-4-2-6-15(8-13)29-18(20)21/h2,4,6,8-9,12,14,18H,3,5,7,10-11H2,1H3. The van der Waals surface area contributed by atoms with Crippen molar-refractivity contribution < 1.29 is 26.7 Å². The summed E-state index contributed by atoms with van der Waals surface area (Å²) in [5.74, 6) is 0.315. The average molecular weight is 416 g/mol. The SMILES string of the molecule is CN(c1cc(C(F)(F)F)ncn1)C1CCCN(Cc2cccc(OC(F)F)c2)C1. The van der Waals surface area contributed by atoms with Crippen LogP contribution in [-0.2, 0) is 12.7 Å². The Labute approximate surface area is 165 Å². The number of likely N-dealkylation sites (N-methyl/N-ethyl adjacent to an activating group) is 1. The molecule has 1 saturated heterocycles. The molecule has 0 spiro atoms. The lowest BCUT2D eigenvalue weighted by Gasteiger charge is -2.38. The molecule has 0 saturated carbocycles. The van der Waals surface area contributed by atoms with E-state index in [4.69, 9.17) is 0 Å². The van der Waals surface area contributed by atoms with E-state index in [9.17, 15) is 22.0 Å². The van der Waals surface area contributed by atoms with Gasteiger partial charge < -0.3 is 9.64 Å². The normalized spacial score (nSPS) is 18.1. The highest BCUT2D eigenvalue weighted by Crippen LogP contribution is 2.30. The van der Waals surface area contributed by atoms with Crippen molar-refractivity contribution in [3.8, 4) is 5.75 Å². The molecule has 1 fully saturated rings. The number of likely N-dealkylation sites (tertiary alicyclic amines) is 1. The molecule has 1 atom stereocenters. The Kier molecular flexibility index (Phi) is 6.51. The number of hydrogen-bond donors (Lipinski definition) is 0. The minimum atomic E-state index is -4.53. The van der Waals surface area contributed by atoms with E-state index in [1.807, 2.05) is 6.07 Å². The topological polar surface area (TPSA) is 41.5 Å². The summed E-state index contributed by atoms with van der Waals surface area (Å²) in [7, 11) is 1.72. The Bertz CT molecular complexity index is 817. The van der Waals surface area contributed by atoms with Gasteiger partial charge in [-0.3, -0.25) is 4.90 Å². The van der Waals surface area contributed by atoms with Gasteiger partial charge in [-0.05, 0) is 37.1 Å². The van der Waals surface area contributed by atoms with Gasteiger partial charge in [0.25, 0.3) is 0 Å². The van der Waals surface area contributed by atoms with Gasteiger partial charge in [0.2, 0.25) is 0 Å². The van der Waals surface area contributed by atoms with Crippen LogP contribution in [0.2, 0.25) is 0 Å². The maximum atomic E-state index is 12.9. The van der Waals surface area contributed by atoms with E-state index in [1.54, 1.807) is 24.1 Å². The first-order valence-corrected chi connectivity index (χ1v) is 9.10. The highest BCUT2D eigenvalue weighted by atomic mass is 19.4. The molecule has 29 heavy (non-hydrogen) atoms. The Hall–Kier alpha value is -2.49. The molecule has 1 aromatic carbocycles. The van der Waals surface area contributed by atoms with Gasteiger partial charge in [-0.2, -0.15) is 22.0 Å². The number of nitrogens with zero attached hydrogens (tertiary/aromatic N) is 4. The predicted molar refractivity (Wildman–Crippen MR) is 96.8 cm³/mol. The van der Waals surface area contributed by atoms with E-state index in [1.165, 1.54) is 6.07 Å². The summed E-state index contributed by atoms with van der Waals surface area (Å²) >= 11 is 0. The molecule has 3 rings (SSSR count). The zero-order valence-electron chi connectivity index (χ0n) is 15.7. The van der Waals surface area contributed by atoms with Crippen LogP contribution in [0.15, 0.2) is 36.7 Å². The molecule has 1 aliphatic heterocycles. The molecule has 0 bridgehead atoms. The van der Waals surface area contributed by atoms with E-state index in [0.717, 1.165) is 37.3 Å². The van der Waals surface area contributed by atoms with Crippen molar-refractivity contribution >= 4 is 5.82 Å². The molecule has 1 aromatic heterocycles. The average Bonchev–Trinajstić information content (AvgIpc) is 2.67. The first-order chi connectivity index (χ1) is 13.7. The summed E-state index contributed by atoms with van der Waals surface area (Å²) in [5.41, 5.74) is -0.147. The van der Waals surface area contributed by atoms with Gasteiger partial charge in [0.05, 0.1) is 0 Å². The lowest BCUT2D eigenvalue weighted by molar-refractivity contribution is -0.141. The number of piperidine rings is 1. The van der Waals surface area contributed by atoms with Crippen LogP contribution >= 0.6 is 0 Å². The van der Waals surface area contributed by atoms with Crippen LogP contribution in [0.5, 0.6) is 5.75 Å². The van der Waals surface area contributed by atoms with Gasteiger partial charge in [0.1, 0.15) is 23.6 Å². The molecule has 10 heteroatoms. The van der Waals surface area contributed by atoms with E-state index in [0.29, 0.717) is 13.1 Å². The van der Waals surface area contributed by atoms with Crippen molar-refractivity contribution in [2.24, 2.45) is 0 Å². The fraction of sp³-hybridized carbons (Fsp3) is 0.474. The monoisotopic (exact) mass is 416 g/mol. The van der Waals surface area contributed by atoms with Gasteiger partial charge in [-0.15, -0.1) is 0 Å². The van der Waals surface area contributed by atoms with E-state index in [-0.39, 0.29) is 17.6 Å². The highest BCUT2D eigenvalue weighted by Gasteiger charge is 2.34. The van der Waals surface area contributed by atoms with Crippen LogP contribution in [0, 0.1) is 0 Å². The number of rotatable bonds is 6. The van der Waals surface area contributed by atoms with Crippen LogP contribution in [0.3, 0.4) is 0 Å². The molecule has 1 unspecified atom stereocenters. The van der Waals surface area contributed by atoms with E-state index >= 15 is 0 Å². The Morgan fingerprint density at radius 2 is 2.03 bits per heavy atom. The summed E-state index contributed by atoms with van der Waals surface area (Å²) in [6, 6.07) is 7.44. The smallest absolute Gasteiger partial charge is 0.433 e. The number of ether oxygens (including phenoxy) is 1. The van der Waals surface area contributed by atoms with Crippen molar-refractivity contribution in [2.75, 3.05) is 25.0 Å². The summed E-state index contributed by atoms with van der Waals surface area (Å²) in [6.07, 6.45) is -1.93. The quantitative estimate of drug-likeness (QED) is 0.661. The largest absolute Gasteiger partial charge is 0.435 e. The zero-order chi connectivity index (χ0) is 21.0. The maximum Gasteiger partial charge on any atom is 0.433 e. The second-order valence-corrected chi connectivity index (χ2v) is 6.93. The van der Waals surface area contributed by atoms with Crippen molar-refractivity contribution in [1.29, 1.82) is 0 Å². The Morgan fingerprint density at radius 1 is 1.24 bits per heavy atom. The molecule has 0 radical (unpaired) electrons. The molecule has 2 aromatic rings. The molecule has 1 aliphatic rings. The Morgan fingerprint density at radius 3 is 2.76 bits per heavy atom. The zero-order valence-corrected chi connectivity index (χ0v) is 15.7. The summed E-state index contributed by atoms with van der Waals surface area (Å²) in [5, 5.41) is 0. The minimum Gasteiger partial charge on any atom is -0.435 e. The predicted octanol–water partition coefficient (Wildman–Crippen LogP) is 4.20. The fourth-order valence-electron chi connectivity index (χ4n) is 3.45. The second kappa shape index (κ2) is 8.89. The number of halogens is 5. The molecule has 0 aliphatic carbocycles. The third-order valence-corrected chi connectivity index (χ3v) is 4.86. The highest BCUT2D eigenvalue weighted by molar-refractivity contribution is 5.40. The number of hydrogen-bond acceptors (Lipinski definition) is 5. The minimum absolute atomic E-state index is 0.0276. The summed E-state index contributed by atoms with van der Waals surface area (Å²) < 4.78 is 68.0. The lowest BCUT2D eigenvalue weighted by atomic mass is 10.0. The molecule has 5 nitrogen and oxygen atoms in total. The molecule has 158 valence electrons. The van der Waals surface area contributed by atoms with Gasteiger partial charge in [-0.1, -0.05) is 12.1 Å². The van der Waals surface area contributed by atoms with Crippen LogP contribution < -0.4 is 9.64 Å². The summed E-state index contributed by atoms with van der Waals surface area (Å²) in [4.78, 5) is 11.2. The molecular weight excluding hydrogens is 395 g/mol. The lowest BCUT2D eigenvalue weighted by Crippen LogP contribution is -2.46.